The molecule has 1 amide bonds. The second-order valence-corrected chi connectivity index (χ2v) is 6.47. The molecule has 5 nitrogen and oxygen atoms in total. The van der Waals surface area contributed by atoms with Gasteiger partial charge in [0.1, 0.15) is 11.9 Å². The van der Waals surface area contributed by atoms with Gasteiger partial charge in [-0.1, -0.05) is 0 Å². The van der Waals surface area contributed by atoms with E-state index in [1.54, 1.807) is 0 Å². The van der Waals surface area contributed by atoms with Gasteiger partial charge in [-0.15, -0.1) is 12.4 Å². The fourth-order valence-corrected chi connectivity index (χ4v) is 3.08. The molecule has 0 bridgehead atoms. The van der Waals surface area contributed by atoms with Crippen LogP contribution in [-0.4, -0.2) is 37.6 Å². The van der Waals surface area contributed by atoms with Crippen LogP contribution in [-0.2, 0) is 11.3 Å². The SMILES string of the molecule is COc1cc(OC2CC(F)(F)C2)c(F)cc1CNC(=O)[C@@H]1CCCN1.Cl. The topological polar surface area (TPSA) is 59.6 Å². The van der Waals surface area contributed by atoms with Crippen molar-refractivity contribution in [2.45, 2.75) is 50.3 Å². The van der Waals surface area contributed by atoms with Crippen LogP contribution in [0.4, 0.5) is 13.2 Å². The van der Waals surface area contributed by atoms with Gasteiger partial charge in [-0.3, -0.25) is 4.79 Å². The summed E-state index contributed by atoms with van der Waals surface area (Å²) >= 11 is 0. The Morgan fingerprint density at radius 3 is 2.65 bits per heavy atom. The Kier molecular flexibility index (Phi) is 6.63. The highest BCUT2D eigenvalue weighted by molar-refractivity contribution is 5.85. The third-order valence-corrected chi connectivity index (χ3v) is 4.51. The quantitative estimate of drug-likeness (QED) is 0.779. The van der Waals surface area contributed by atoms with Gasteiger partial charge < -0.3 is 20.1 Å². The molecule has 0 radical (unpaired) electrons. The predicted molar refractivity (Wildman–Crippen MR) is 91.7 cm³/mol. The predicted octanol–water partition coefficient (Wildman–Crippen LogP) is 2.80. The van der Waals surface area contributed by atoms with E-state index in [1.807, 2.05) is 0 Å². The molecule has 9 heteroatoms. The van der Waals surface area contributed by atoms with Gasteiger partial charge in [0.05, 0.1) is 13.2 Å². The maximum atomic E-state index is 14.2. The molecule has 1 aliphatic carbocycles. The minimum Gasteiger partial charge on any atom is -0.496 e. The van der Waals surface area contributed by atoms with Crippen LogP contribution < -0.4 is 20.1 Å². The highest BCUT2D eigenvalue weighted by Gasteiger charge is 2.47. The Morgan fingerprint density at radius 1 is 1.35 bits per heavy atom. The van der Waals surface area contributed by atoms with Crippen molar-refractivity contribution >= 4 is 18.3 Å². The first-order chi connectivity index (χ1) is 11.9. The number of benzene rings is 1. The monoisotopic (exact) mass is 394 g/mol. The summed E-state index contributed by atoms with van der Waals surface area (Å²) < 4.78 is 50.4. The average molecular weight is 395 g/mol. The molecule has 1 aliphatic heterocycles. The number of hydrogen-bond acceptors (Lipinski definition) is 4. The molecule has 2 aliphatic rings. The molecule has 1 atom stereocenters. The van der Waals surface area contributed by atoms with Crippen LogP contribution in [0.3, 0.4) is 0 Å². The van der Waals surface area contributed by atoms with Gasteiger partial charge in [-0.2, -0.15) is 0 Å². The van der Waals surface area contributed by atoms with Crippen LogP contribution in [0.15, 0.2) is 12.1 Å². The average Bonchev–Trinajstić information content (AvgIpc) is 3.07. The molecule has 1 saturated heterocycles. The van der Waals surface area contributed by atoms with Gasteiger partial charge in [-0.25, -0.2) is 13.2 Å². The van der Waals surface area contributed by atoms with E-state index in [4.69, 9.17) is 9.47 Å². The molecule has 146 valence electrons. The number of carbonyl (C=O) groups is 1. The van der Waals surface area contributed by atoms with Crippen molar-refractivity contribution in [1.29, 1.82) is 0 Å². The molecule has 3 rings (SSSR count). The number of amides is 1. The Morgan fingerprint density at radius 2 is 2.08 bits per heavy atom. The van der Waals surface area contributed by atoms with E-state index >= 15 is 0 Å². The summed E-state index contributed by atoms with van der Waals surface area (Å²) in [6, 6.07) is 2.31. The summed E-state index contributed by atoms with van der Waals surface area (Å²) in [4.78, 5) is 12.0. The summed E-state index contributed by atoms with van der Waals surface area (Å²) in [5, 5.41) is 5.83. The molecule has 2 fully saturated rings. The van der Waals surface area contributed by atoms with E-state index in [0.29, 0.717) is 11.3 Å². The zero-order chi connectivity index (χ0) is 18.0. The van der Waals surface area contributed by atoms with Crippen molar-refractivity contribution in [3.63, 3.8) is 0 Å². The van der Waals surface area contributed by atoms with Crippen molar-refractivity contribution in [2.75, 3.05) is 13.7 Å². The fourth-order valence-electron chi connectivity index (χ4n) is 3.08. The largest absolute Gasteiger partial charge is 0.496 e. The third kappa shape index (κ3) is 4.73. The maximum Gasteiger partial charge on any atom is 0.255 e. The lowest BCUT2D eigenvalue weighted by Crippen LogP contribution is -2.43. The van der Waals surface area contributed by atoms with E-state index < -0.39 is 30.7 Å². The summed E-state index contributed by atoms with van der Waals surface area (Å²) in [6.45, 7) is 0.918. The Hall–Kier alpha value is -1.67. The maximum absolute atomic E-state index is 14.2. The first-order valence-electron chi connectivity index (χ1n) is 8.30. The molecule has 1 saturated carbocycles. The van der Waals surface area contributed by atoms with E-state index in [2.05, 4.69) is 10.6 Å². The zero-order valence-electron chi connectivity index (χ0n) is 14.3. The second kappa shape index (κ2) is 8.35. The van der Waals surface area contributed by atoms with Crippen LogP contribution in [0.25, 0.3) is 0 Å². The van der Waals surface area contributed by atoms with Gasteiger partial charge in [0.15, 0.2) is 11.6 Å². The van der Waals surface area contributed by atoms with Crippen LogP contribution in [0, 0.1) is 5.82 Å². The van der Waals surface area contributed by atoms with Gasteiger partial charge in [0.2, 0.25) is 5.91 Å². The highest BCUT2D eigenvalue weighted by Crippen LogP contribution is 2.41. The summed E-state index contributed by atoms with van der Waals surface area (Å²) in [5.41, 5.74) is 0.456. The molecule has 1 aromatic rings. The second-order valence-electron chi connectivity index (χ2n) is 6.47. The summed E-state index contributed by atoms with van der Waals surface area (Å²) in [6.07, 6.45) is 0.188. The minimum atomic E-state index is -2.73. The van der Waals surface area contributed by atoms with Gasteiger partial charge in [-0.05, 0) is 25.5 Å². The number of rotatable bonds is 6. The van der Waals surface area contributed by atoms with E-state index in [0.717, 1.165) is 19.4 Å². The number of carbonyl (C=O) groups excluding carboxylic acids is 1. The number of alkyl halides is 2. The highest BCUT2D eigenvalue weighted by atomic mass is 35.5. The molecular weight excluding hydrogens is 373 g/mol. The van der Waals surface area contributed by atoms with Gasteiger partial charge in [0, 0.05) is 31.0 Å². The summed E-state index contributed by atoms with van der Waals surface area (Å²) in [5.74, 6) is -3.33. The molecule has 0 unspecified atom stereocenters. The first-order valence-corrected chi connectivity index (χ1v) is 8.30. The Balaban J connectivity index is 0.00000243. The number of methoxy groups -OCH3 is 1. The molecule has 0 aromatic heterocycles. The molecular formula is C17H22ClF3N2O3. The number of halogens is 4. The van der Waals surface area contributed by atoms with Gasteiger partial charge >= 0.3 is 0 Å². The minimum absolute atomic E-state index is 0. The number of nitrogens with one attached hydrogen (secondary N) is 2. The lowest BCUT2D eigenvalue weighted by atomic mass is 9.91. The lowest BCUT2D eigenvalue weighted by molar-refractivity contribution is -0.135. The van der Waals surface area contributed by atoms with Crippen molar-refractivity contribution in [2.24, 2.45) is 0 Å². The van der Waals surface area contributed by atoms with Crippen molar-refractivity contribution in [3.8, 4) is 11.5 Å². The van der Waals surface area contributed by atoms with Crippen LogP contribution in [0.1, 0.15) is 31.2 Å². The molecule has 0 spiro atoms. The molecule has 2 N–H and O–H groups in total. The van der Waals surface area contributed by atoms with Gasteiger partial charge in [0.25, 0.3) is 5.92 Å². The normalized spacial score (nSPS) is 21.5. The Bertz CT molecular complexity index is 646. The molecule has 1 heterocycles. The first kappa shape index (κ1) is 20.6. The molecule has 26 heavy (non-hydrogen) atoms. The lowest BCUT2D eigenvalue weighted by Gasteiger charge is -2.35. The van der Waals surface area contributed by atoms with E-state index in [-0.39, 0.29) is 36.7 Å². The van der Waals surface area contributed by atoms with Crippen molar-refractivity contribution in [1.82, 2.24) is 10.6 Å². The molecule has 1 aromatic carbocycles. The Labute approximate surface area is 156 Å². The summed E-state index contributed by atoms with van der Waals surface area (Å²) in [7, 11) is 1.42. The van der Waals surface area contributed by atoms with E-state index in [1.165, 1.54) is 19.2 Å². The smallest absolute Gasteiger partial charge is 0.255 e. The van der Waals surface area contributed by atoms with Crippen molar-refractivity contribution in [3.05, 3.63) is 23.5 Å². The number of ether oxygens (including phenoxy) is 2. The standard InChI is InChI=1S/C17H21F3N2O3.ClH/c1-24-14-6-15(25-11-7-17(19,20)8-11)12(18)5-10(14)9-22-16(23)13-3-2-4-21-13;/h5-6,11,13,21H,2-4,7-9H2,1H3,(H,22,23);1H/t13-;/m0./s1. The van der Waals surface area contributed by atoms with Crippen LogP contribution >= 0.6 is 12.4 Å². The van der Waals surface area contributed by atoms with Crippen LogP contribution in [0.5, 0.6) is 11.5 Å². The van der Waals surface area contributed by atoms with Crippen LogP contribution in [0.2, 0.25) is 0 Å². The van der Waals surface area contributed by atoms with E-state index in [9.17, 15) is 18.0 Å². The zero-order valence-corrected chi connectivity index (χ0v) is 15.1. The third-order valence-electron chi connectivity index (χ3n) is 4.51. The number of hydrogen-bond donors (Lipinski definition) is 2. The fraction of sp³-hybridized carbons (Fsp3) is 0.588. The van der Waals surface area contributed by atoms with Crippen molar-refractivity contribution < 1.29 is 27.4 Å².